The highest BCUT2D eigenvalue weighted by atomic mass is 32.2. The number of benzene rings is 4. The number of rotatable bonds is 7. The van der Waals surface area contributed by atoms with Gasteiger partial charge in [0.15, 0.2) is 11.5 Å². The Bertz CT molecular complexity index is 1580. The molecule has 1 aliphatic heterocycles. The lowest BCUT2D eigenvalue weighted by Crippen LogP contribution is -2.27. The maximum Gasteiger partial charge on any atom is 0.293 e. The number of nitrogens with zero attached hydrogens (tertiary/aromatic N) is 2. The quantitative estimate of drug-likeness (QED) is 0.265. The molecule has 4 aromatic carbocycles. The highest BCUT2D eigenvalue weighted by Gasteiger charge is 2.35. The van der Waals surface area contributed by atoms with Gasteiger partial charge in [-0.15, -0.1) is 0 Å². The summed E-state index contributed by atoms with van der Waals surface area (Å²) in [5.74, 6) is 0.671. The van der Waals surface area contributed by atoms with E-state index in [1.807, 2.05) is 54.6 Å². The van der Waals surface area contributed by atoms with Crippen molar-refractivity contribution in [3.63, 3.8) is 0 Å². The average Bonchev–Trinajstić information content (AvgIpc) is 3.19. The molecule has 1 aliphatic rings. The summed E-state index contributed by atoms with van der Waals surface area (Å²) in [6.45, 7) is 0.427. The molecule has 0 radical (unpaired) electrons. The summed E-state index contributed by atoms with van der Waals surface area (Å²) in [6, 6.07) is 28.5. The number of imide groups is 1. The Morgan fingerprint density at radius 2 is 1.68 bits per heavy atom. The fourth-order valence-electron chi connectivity index (χ4n) is 4.19. The maximum atomic E-state index is 13.1. The van der Waals surface area contributed by atoms with Gasteiger partial charge in [-0.2, -0.15) is 5.26 Å². The number of ether oxygens (including phenoxy) is 2. The van der Waals surface area contributed by atoms with Crippen molar-refractivity contribution in [3.8, 4) is 17.6 Å². The van der Waals surface area contributed by atoms with Crippen molar-refractivity contribution >= 4 is 39.8 Å². The predicted molar refractivity (Wildman–Crippen MR) is 144 cm³/mol. The van der Waals surface area contributed by atoms with E-state index in [4.69, 9.17) is 9.47 Å². The smallest absolute Gasteiger partial charge is 0.293 e. The van der Waals surface area contributed by atoms with Crippen LogP contribution in [0.1, 0.15) is 22.3 Å². The number of amides is 2. The summed E-state index contributed by atoms with van der Waals surface area (Å²) >= 11 is 0.926. The molecule has 1 fully saturated rings. The van der Waals surface area contributed by atoms with Crippen molar-refractivity contribution in [2.75, 3.05) is 7.11 Å². The number of hydrogen-bond acceptors (Lipinski definition) is 6. The summed E-state index contributed by atoms with van der Waals surface area (Å²) in [5, 5.41) is 11.1. The van der Waals surface area contributed by atoms with Gasteiger partial charge in [0.2, 0.25) is 0 Å². The van der Waals surface area contributed by atoms with Crippen molar-refractivity contribution in [2.45, 2.75) is 13.2 Å². The topological polar surface area (TPSA) is 79.6 Å². The van der Waals surface area contributed by atoms with E-state index >= 15 is 0 Å². The minimum Gasteiger partial charge on any atom is -0.493 e. The summed E-state index contributed by atoms with van der Waals surface area (Å²) in [7, 11) is 1.53. The van der Waals surface area contributed by atoms with Crippen molar-refractivity contribution in [1.82, 2.24) is 4.90 Å². The predicted octanol–water partition coefficient (Wildman–Crippen LogP) is 6.54. The number of fused-ring (bicyclic) bond motifs is 1. The highest BCUT2D eigenvalue weighted by Crippen LogP contribution is 2.36. The third-order valence-corrected chi connectivity index (χ3v) is 7.00. The first-order chi connectivity index (χ1) is 18.1. The second kappa shape index (κ2) is 10.6. The van der Waals surface area contributed by atoms with Gasteiger partial charge in [0, 0.05) is 5.56 Å². The van der Waals surface area contributed by atoms with E-state index in [1.165, 1.54) is 12.0 Å². The fraction of sp³-hybridized carbons (Fsp3) is 0.100. The summed E-state index contributed by atoms with van der Waals surface area (Å²) in [6.07, 6.45) is 1.69. The van der Waals surface area contributed by atoms with Gasteiger partial charge in [0.1, 0.15) is 6.61 Å². The monoisotopic (exact) mass is 506 g/mol. The van der Waals surface area contributed by atoms with E-state index in [1.54, 1.807) is 36.4 Å². The Balaban J connectivity index is 1.34. The molecule has 0 spiro atoms. The average molecular weight is 507 g/mol. The number of nitriles is 1. The fourth-order valence-corrected chi connectivity index (χ4v) is 5.03. The molecule has 0 atom stereocenters. The Morgan fingerprint density at radius 3 is 2.51 bits per heavy atom. The molecule has 5 rings (SSSR count). The SMILES string of the molecule is COc1cc(/C=C2/SC(=O)N(Cc3cccc4ccccc34)C2=O)ccc1OCc1ccccc1C#N. The molecule has 182 valence electrons. The first kappa shape index (κ1) is 24.2. The number of hydrogen-bond donors (Lipinski definition) is 0. The minimum absolute atomic E-state index is 0.212. The van der Waals surface area contributed by atoms with E-state index in [0.29, 0.717) is 27.5 Å². The Labute approximate surface area is 218 Å². The largest absolute Gasteiger partial charge is 0.493 e. The summed E-state index contributed by atoms with van der Waals surface area (Å²) in [4.78, 5) is 27.5. The van der Waals surface area contributed by atoms with Crippen LogP contribution in [-0.4, -0.2) is 23.2 Å². The first-order valence-corrected chi connectivity index (χ1v) is 12.4. The molecular weight excluding hydrogens is 484 g/mol. The molecule has 0 N–H and O–H groups in total. The molecule has 1 heterocycles. The van der Waals surface area contributed by atoms with Gasteiger partial charge in [0.25, 0.3) is 11.1 Å². The lowest BCUT2D eigenvalue weighted by atomic mass is 10.0. The molecule has 37 heavy (non-hydrogen) atoms. The number of carbonyl (C=O) groups excluding carboxylic acids is 2. The number of carbonyl (C=O) groups is 2. The van der Waals surface area contributed by atoms with Gasteiger partial charge < -0.3 is 9.47 Å². The second-order valence-electron chi connectivity index (χ2n) is 8.37. The van der Waals surface area contributed by atoms with Crippen molar-refractivity contribution in [1.29, 1.82) is 5.26 Å². The lowest BCUT2D eigenvalue weighted by molar-refractivity contribution is -0.123. The third-order valence-electron chi connectivity index (χ3n) is 6.09. The van der Waals surface area contributed by atoms with Crippen LogP contribution in [0.3, 0.4) is 0 Å². The van der Waals surface area contributed by atoms with Gasteiger partial charge >= 0.3 is 0 Å². The second-order valence-corrected chi connectivity index (χ2v) is 9.37. The van der Waals surface area contributed by atoms with Crippen LogP contribution in [0.4, 0.5) is 4.79 Å². The molecule has 7 heteroatoms. The molecule has 0 aromatic heterocycles. The number of thioether (sulfide) groups is 1. The van der Waals surface area contributed by atoms with Crippen LogP contribution in [-0.2, 0) is 17.9 Å². The van der Waals surface area contributed by atoms with E-state index in [2.05, 4.69) is 6.07 Å². The van der Waals surface area contributed by atoms with E-state index in [9.17, 15) is 14.9 Å². The highest BCUT2D eigenvalue weighted by molar-refractivity contribution is 8.18. The molecule has 0 aliphatic carbocycles. The molecule has 4 aromatic rings. The zero-order valence-corrected chi connectivity index (χ0v) is 20.8. The molecule has 0 saturated carbocycles. The molecule has 2 amide bonds. The van der Waals surface area contributed by atoms with Crippen molar-refractivity contribution in [3.05, 3.63) is 112 Å². The van der Waals surface area contributed by atoms with Crippen molar-refractivity contribution in [2.24, 2.45) is 0 Å². The van der Waals surface area contributed by atoms with E-state index < -0.39 is 0 Å². The zero-order chi connectivity index (χ0) is 25.8. The molecule has 6 nitrogen and oxygen atoms in total. The Kier molecular flexibility index (Phi) is 6.93. The van der Waals surface area contributed by atoms with Crippen LogP contribution in [0.25, 0.3) is 16.8 Å². The minimum atomic E-state index is -0.324. The number of methoxy groups -OCH3 is 1. The Morgan fingerprint density at radius 1 is 0.919 bits per heavy atom. The van der Waals surface area contributed by atoms with E-state index in [0.717, 1.165) is 33.7 Å². The molecule has 0 unspecified atom stereocenters. The van der Waals surface area contributed by atoms with Crippen LogP contribution in [0.15, 0.2) is 89.8 Å². The molecule has 0 bridgehead atoms. The normalized spacial score (nSPS) is 14.3. The maximum absolute atomic E-state index is 13.1. The Hall–Kier alpha value is -4.54. The van der Waals surface area contributed by atoms with Crippen LogP contribution in [0, 0.1) is 11.3 Å². The van der Waals surface area contributed by atoms with Gasteiger partial charge in [0.05, 0.1) is 30.2 Å². The van der Waals surface area contributed by atoms with Gasteiger partial charge in [-0.3, -0.25) is 14.5 Å². The summed E-state index contributed by atoms with van der Waals surface area (Å²) < 4.78 is 11.4. The van der Waals surface area contributed by atoms with Gasteiger partial charge in [-0.1, -0.05) is 66.7 Å². The van der Waals surface area contributed by atoms with Crippen LogP contribution >= 0.6 is 11.8 Å². The van der Waals surface area contributed by atoms with Crippen molar-refractivity contribution < 1.29 is 19.1 Å². The zero-order valence-electron chi connectivity index (χ0n) is 20.0. The lowest BCUT2D eigenvalue weighted by Gasteiger charge is -2.14. The van der Waals surface area contributed by atoms with Crippen LogP contribution in [0.5, 0.6) is 11.5 Å². The first-order valence-electron chi connectivity index (χ1n) is 11.6. The van der Waals surface area contributed by atoms with Crippen LogP contribution in [0.2, 0.25) is 0 Å². The molecular formula is C30H22N2O4S. The summed E-state index contributed by atoms with van der Waals surface area (Å²) in [5.41, 5.74) is 2.95. The van der Waals surface area contributed by atoms with Gasteiger partial charge in [-0.25, -0.2) is 0 Å². The standard InChI is InChI=1S/C30H22N2O4S/c1-35-27-15-20(13-14-26(27)36-19-24-9-3-2-8-22(24)17-31)16-28-29(33)32(30(34)37-28)18-23-11-6-10-21-7-4-5-12-25(21)23/h2-16H,18-19H2,1H3/b28-16+. The molecule has 1 saturated heterocycles. The third kappa shape index (κ3) is 5.06. The van der Waals surface area contributed by atoms with E-state index in [-0.39, 0.29) is 24.3 Å². The van der Waals surface area contributed by atoms with Crippen LogP contribution < -0.4 is 9.47 Å². The van der Waals surface area contributed by atoms with Gasteiger partial charge in [-0.05, 0) is 57.9 Å².